The molecule has 1 unspecified atom stereocenters. The van der Waals surface area contributed by atoms with Gasteiger partial charge >= 0.3 is 0 Å². The first-order chi connectivity index (χ1) is 7.57. The molecule has 0 bridgehead atoms. The first kappa shape index (κ1) is 14.3. The Kier molecular flexibility index (Phi) is 6.08. The van der Waals surface area contributed by atoms with Crippen molar-refractivity contribution in [2.45, 2.75) is 26.2 Å². The summed E-state index contributed by atoms with van der Waals surface area (Å²) in [5, 5.41) is 0. The number of hydrogen-bond acceptors (Lipinski definition) is 3. The van der Waals surface area contributed by atoms with Crippen molar-refractivity contribution in [1.82, 2.24) is 4.90 Å². The van der Waals surface area contributed by atoms with Crippen LogP contribution >= 0.6 is 11.6 Å². The molecule has 0 radical (unpaired) electrons. The second kappa shape index (κ2) is 6.82. The molecule has 0 amide bonds. The second-order valence-electron chi connectivity index (χ2n) is 4.61. The largest absolute Gasteiger partial charge is 0.302 e. The minimum absolute atomic E-state index is 0.301. The lowest BCUT2D eigenvalue weighted by Gasteiger charge is -2.31. The van der Waals surface area contributed by atoms with E-state index in [0.717, 1.165) is 19.5 Å². The number of hydrogen-bond donors (Lipinski definition) is 0. The molecule has 1 saturated heterocycles. The van der Waals surface area contributed by atoms with Crippen molar-refractivity contribution in [2.75, 3.05) is 37.0 Å². The molecule has 16 heavy (non-hydrogen) atoms. The van der Waals surface area contributed by atoms with Gasteiger partial charge in [-0.3, -0.25) is 0 Å². The molecule has 5 heteroatoms. The summed E-state index contributed by atoms with van der Waals surface area (Å²) in [6.07, 6.45) is 3.04. The Morgan fingerprint density at radius 2 is 2.12 bits per heavy atom. The van der Waals surface area contributed by atoms with Gasteiger partial charge in [0.05, 0.1) is 5.75 Å². The zero-order chi connectivity index (χ0) is 12.0. The first-order valence-electron chi connectivity index (χ1n) is 6.06. The Morgan fingerprint density at radius 3 is 2.75 bits per heavy atom. The lowest BCUT2D eigenvalue weighted by Crippen LogP contribution is -2.39. The number of alkyl halides is 1. The van der Waals surface area contributed by atoms with Gasteiger partial charge in [-0.2, -0.15) is 0 Å². The van der Waals surface area contributed by atoms with Gasteiger partial charge in [0.15, 0.2) is 9.84 Å². The molecule has 0 N–H and O–H groups in total. The maximum absolute atomic E-state index is 11.6. The molecule has 0 spiro atoms. The van der Waals surface area contributed by atoms with E-state index < -0.39 is 9.84 Å². The third-order valence-electron chi connectivity index (χ3n) is 3.05. The Morgan fingerprint density at radius 1 is 1.38 bits per heavy atom. The fourth-order valence-electron chi connectivity index (χ4n) is 2.16. The number of halogens is 1. The fraction of sp³-hybridized carbons (Fsp3) is 1.00. The molecule has 0 aromatic carbocycles. The Balaban J connectivity index is 2.32. The van der Waals surface area contributed by atoms with Crippen molar-refractivity contribution in [1.29, 1.82) is 0 Å². The van der Waals surface area contributed by atoms with Gasteiger partial charge in [-0.15, -0.1) is 11.6 Å². The lowest BCUT2D eigenvalue weighted by atomic mass is 10.0. The van der Waals surface area contributed by atoms with E-state index in [1.54, 1.807) is 0 Å². The maximum Gasteiger partial charge on any atom is 0.151 e. The monoisotopic (exact) mass is 267 g/mol. The average Bonchev–Trinajstić information content (AvgIpc) is 2.27. The van der Waals surface area contributed by atoms with E-state index in [0.29, 0.717) is 36.3 Å². The minimum Gasteiger partial charge on any atom is -0.302 e. The summed E-state index contributed by atoms with van der Waals surface area (Å²) in [6.45, 7) is 4.57. The van der Waals surface area contributed by atoms with Crippen LogP contribution in [-0.4, -0.2) is 50.3 Å². The van der Waals surface area contributed by atoms with Crippen molar-refractivity contribution < 1.29 is 8.42 Å². The van der Waals surface area contributed by atoms with Crippen LogP contribution in [0, 0.1) is 5.92 Å². The van der Waals surface area contributed by atoms with Crippen LogP contribution in [0.5, 0.6) is 0 Å². The molecule has 96 valence electrons. The smallest absolute Gasteiger partial charge is 0.151 e. The van der Waals surface area contributed by atoms with Crippen LogP contribution in [0.1, 0.15) is 26.2 Å². The lowest BCUT2D eigenvalue weighted by molar-refractivity contribution is 0.195. The zero-order valence-corrected chi connectivity index (χ0v) is 11.6. The molecular formula is C11H22ClNO2S. The van der Waals surface area contributed by atoms with Gasteiger partial charge in [0.2, 0.25) is 0 Å². The highest BCUT2D eigenvalue weighted by Crippen LogP contribution is 2.17. The molecule has 1 atom stereocenters. The summed E-state index contributed by atoms with van der Waals surface area (Å²) in [5.74, 6) is 1.86. The van der Waals surface area contributed by atoms with Crippen molar-refractivity contribution in [3.8, 4) is 0 Å². The van der Waals surface area contributed by atoms with Crippen molar-refractivity contribution >= 4 is 21.4 Å². The number of sulfone groups is 1. The normalized spacial score (nSPS) is 23.5. The molecule has 0 aromatic heterocycles. The topological polar surface area (TPSA) is 37.4 Å². The van der Waals surface area contributed by atoms with E-state index in [1.807, 2.05) is 6.92 Å². The van der Waals surface area contributed by atoms with Gasteiger partial charge in [0, 0.05) is 24.7 Å². The summed E-state index contributed by atoms with van der Waals surface area (Å²) in [4.78, 5) is 2.24. The molecule has 0 saturated carbocycles. The zero-order valence-electron chi connectivity index (χ0n) is 9.99. The molecule has 0 aromatic rings. The molecule has 1 fully saturated rings. The van der Waals surface area contributed by atoms with Gasteiger partial charge in [-0.25, -0.2) is 8.42 Å². The molecule has 1 aliphatic heterocycles. The Bertz CT molecular complexity index is 292. The van der Waals surface area contributed by atoms with E-state index in [9.17, 15) is 8.42 Å². The second-order valence-corrected chi connectivity index (χ2v) is 7.23. The highest BCUT2D eigenvalue weighted by Gasteiger charge is 2.20. The Hall–Kier alpha value is 0.200. The van der Waals surface area contributed by atoms with E-state index in [4.69, 9.17) is 11.6 Å². The van der Waals surface area contributed by atoms with Crippen LogP contribution in [0.25, 0.3) is 0 Å². The van der Waals surface area contributed by atoms with Crippen LogP contribution in [0.4, 0.5) is 0 Å². The van der Waals surface area contributed by atoms with E-state index in [-0.39, 0.29) is 0 Å². The predicted molar refractivity (Wildman–Crippen MR) is 68.8 cm³/mol. The molecule has 1 rings (SSSR count). The van der Waals surface area contributed by atoms with Gasteiger partial charge in [-0.05, 0) is 31.7 Å². The summed E-state index contributed by atoms with van der Waals surface area (Å²) in [7, 11) is -2.83. The third-order valence-corrected chi connectivity index (χ3v) is 5.33. The van der Waals surface area contributed by atoms with Crippen LogP contribution in [-0.2, 0) is 9.84 Å². The molecular weight excluding hydrogens is 246 g/mol. The quantitative estimate of drug-likeness (QED) is 0.689. The SMILES string of the molecule is CCCS(=O)(=O)CCN1CCCC(CCl)C1. The molecule has 3 nitrogen and oxygen atoms in total. The van der Waals surface area contributed by atoms with Gasteiger partial charge in [0.1, 0.15) is 0 Å². The van der Waals surface area contributed by atoms with Crippen molar-refractivity contribution in [3.63, 3.8) is 0 Å². The van der Waals surface area contributed by atoms with Gasteiger partial charge < -0.3 is 4.90 Å². The number of likely N-dealkylation sites (tertiary alicyclic amines) is 1. The summed E-state index contributed by atoms with van der Waals surface area (Å²) < 4.78 is 23.1. The maximum atomic E-state index is 11.6. The fourth-order valence-corrected chi connectivity index (χ4v) is 3.78. The van der Waals surface area contributed by atoms with E-state index in [1.165, 1.54) is 6.42 Å². The van der Waals surface area contributed by atoms with E-state index >= 15 is 0 Å². The first-order valence-corrected chi connectivity index (χ1v) is 8.41. The molecule has 0 aliphatic carbocycles. The Labute approximate surface area is 104 Å². The van der Waals surface area contributed by atoms with Crippen molar-refractivity contribution in [2.24, 2.45) is 5.92 Å². The minimum atomic E-state index is -2.83. The highest BCUT2D eigenvalue weighted by molar-refractivity contribution is 7.91. The number of nitrogens with zero attached hydrogens (tertiary/aromatic N) is 1. The van der Waals surface area contributed by atoms with Gasteiger partial charge in [-0.1, -0.05) is 6.92 Å². The van der Waals surface area contributed by atoms with Crippen LogP contribution < -0.4 is 0 Å². The predicted octanol–water partition coefficient (Wildman–Crippen LogP) is 1.76. The molecule has 1 heterocycles. The van der Waals surface area contributed by atoms with E-state index in [2.05, 4.69) is 4.90 Å². The highest BCUT2D eigenvalue weighted by atomic mass is 35.5. The van der Waals surface area contributed by atoms with Crippen LogP contribution in [0.15, 0.2) is 0 Å². The summed E-state index contributed by atoms with van der Waals surface area (Å²) in [5.41, 5.74) is 0. The molecule has 1 aliphatic rings. The average molecular weight is 268 g/mol. The van der Waals surface area contributed by atoms with Crippen molar-refractivity contribution in [3.05, 3.63) is 0 Å². The van der Waals surface area contributed by atoms with Crippen LogP contribution in [0.3, 0.4) is 0 Å². The standard InChI is InChI=1S/C11H22ClNO2S/c1-2-7-16(14,15)8-6-13-5-3-4-11(9-12)10-13/h11H,2-10H2,1H3. The number of rotatable bonds is 6. The third kappa shape index (κ3) is 5.02. The summed E-state index contributed by atoms with van der Waals surface area (Å²) in [6, 6.07) is 0. The number of piperidine rings is 1. The van der Waals surface area contributed by atoms with Crippen LogP contribution in [0.2, 0.25) is 0 Å². The summed E-state index contributed by atoms with van der Waals surface area (Å²) >= 11 is 5.84. The van der Waals surface area contributed by atoms with Gasteiger partial charge in [0.25, 0.3) is 0 Å².